The van der Waals surface area contributed by atoms with Crippen molar-refractivity contribution in [3.05, 3.63) is 97.4 Å². The molecule has 0 saturated heterocycles. The molecular weight excluding hydrogens is 511 g/mol. The number of para-hydroxylation sites is 1. The van der Waals surface area contributed by atoms with E-state index in [4.69, 9.17) is 27.9 Å². The van der Waals surface area contributed by atoms with Crippen molar-refractivity contribution in [1.29, 1.82) is 5.26 Å². The first kappa shape index (κ1) is 23.9. The molecule has 3 rings (SSSR count). The summed E-state index contributed by atoms with van der Waals surface area (Å²) in [4.78, 5) is 12.6. The van der Waals surface area contributed by atoms with Crippen molar-refractivity contribution in [2.24, 2.45) is 0 Å². The minimum absolute atomic E-state index is 0.0573. The SMILES string of the molecule is CCOc1cc(/C=C(\C#N)C(=O)Nc2ccccc2Cl)cc(Br)c1Cc1ccccc1Cl. The van der Waals surface area contributed by atoms with Gasteiger partial charge in [-0.15, -0.1) is 0 Å². The zero-order valence-electron chi connectivity index (χ0n) is 17.2. The Kier molecular flexibility index (Phi) is 8.35. The maximum absolute atomic E-state index is 12.6. The van der Waals surface area contributed by atoms with E-state index in [-0.39, 0.29) is 5.57 Å². The van der Waals surface area contributed by atoms with Crippen LogP contribution in [0.15, 0.2) is 70.7 Å². The first-order valence-electron chi connectivity index (χ1n) is 9.79. The summed E-state index contributed by atoms with van der Waals surface area (Å²) in [5, 5.41) is 13.3. The highest BCUT2D eigenvalue weighted by Crippen LogP contribution is 2.34. The number of carbonyl (C=O) groups excluding carboxylic acids is 1. The van der Waals surface area contributed by atoms with E-state index < -0.39 is 5.91 Å². The number of hydrogen-bond acceptors (Lipinski definition) is 3. The van der Waals surface area contributed by atoms with Gasteiger partial charge in [0.25, 0.3) is 5.91 Å². The van der Waals surface area contributed by atoms with E-state index in [0.717, 1.165) is 15.6 Å². The Labute approximate surface area is 205 Å². The van der Waals surface area contributed by atoms with Gasteiger partial charge in [-0.2, -0.15) is 5.26 Å². The summed E-state index contributed by atoms with van der Waals surface area (Å²) in [6.45, 7) is 2.36. The molecule has 0 saturated carbocycles. The van der Waals surface area contributed by atoms with Crippen LogP contribution in [-0.4, -0.2) is 12.5 Å². The largest absolute Gasteiger partial charge is 0.494 e. The zero-order valence-corrected chi connectivity index (χ0v) is 20.3. The van der Waals surface area contributed by atoms with E-state index in [2.05, 4.69) is 21.2 Å². The zero-order chi connectivity index (χ0) is 23.1. The highest BCUT2D eigenvalue weighted by Gasteiger charge is 2.15. The number of rotatable bonds is 7. The lowest BCUT2D eigenvalue weighted by Crippen LogP contribution is -2.13. The molecule has 0 fully saturated rings. The highest BCUT2D eigenvalue weighted by molar-refractivity contribution is 9.10. The summed E-state index contributed by atoms with van der Waals surface area (Å²) in [7, 11) is 0. The molecule has 0 spiro atoms. The number of carbonyl (C=O) groups is 1. The Morgan fingerprint density at radius 1 is 1.12 bits per heavy atom. The van der Waals surface area contributed by atoms with E-state index in [1.165, 1.54) is 6.08 Å². The van der Waals surface area contributed by atoms with Crippen LogP contribution in [0.1, 0.15) is 23.6 Å². The van der Waals surface area contributed by atoms with Gasteiger partial charge in [-0.05, 0) is 54.5 Å². The second-order valence-corrected chi connectivity index (χ2v) is 8.45. The van der Waals surface area contributed by atoms with Gasteiger partial charge in [0.2, 0.25) is 0 Å². The number of nitriles is 1. The first-order valence-corrected chi connectivity index (χ1v) is 11.3. The van der Waals surface area contributed by atoms with Crippen LogP contribution in [0.25, 0.3) is 6.08 Å². The minimum atomic E-state index is -0.546. The summed E-state index contributed by atoms with van der Waals surface area (Å²) in [5.74, 6) is 0.103. The van der Waals surface area contributed by atoms with E-state index in [0.29, 0.717) is 40.1 Å². The van der Waals surface area contributed by atoms with Crippen molar-refractivity contribution >= 4 is 56.8 Å². The quantitative estimate of drug-likeness (QED) is 0.258. The van der Waals surface area contributed by atoms with Gasteiger partial charge >= 0.3 is 0 Å². The van der Waals surface area contributed by atoms with E-state index in [9.17, 15) is 10.1 Å². The predicted molar refractivity (Wildman–Crippen MR) is 133 cm³/mol. The van der Waals surface area contributed by atoms with Gasteiger partial charge in [0.05, 0.1) is 17.3 Å². The standard InChI is InChI=1S/C25H19BrCl2N2O2/c1-2-32-24-13-16(12-20(26)19(24)14-17-7-3-4-8-21(17)27)11-18(15-29)25(31)30-23-10-6-5-9-22(23)28/h3-13H,2,14H2,1H3,(H,30,31)/b18-11+. The molecule has 4 nitrogen and oxygen atoms in total. The van der Waals surface area contributed by atoms with E-state index >= 15 is 0 Å². The van der Waals surface area contributed by atoms with Crippen LogP contribution in [0.3, 0.4) is 0 Å². The molecule has 1 amide bonds. The molecule has 0 aliphatic rings. The molecule has 0 heterocycles. The molecule has 162 valence electrons. The number of anilines is 1. The Bertz CT molecular complexity index is 1220. The fourth-order valence-electron chi connectivity index (χ4n) is 3.07. The van der Waals surface area contributed by atoms with Crippen molar-refractivity contribution in [3.8, 4) is 11.8 Å². The van der Waals surface area contributed by atoms with Crippen LogP contribution in [0.4, 0.5) is 5.69 Å². The molecule has 0 unspecified atom stereocenters. The van der Waals surface area contributed by atoms with Crippen molar-refractivity contribution < 1.29 is 9.53 Å². The number of amides is 1. The average Bonchev–Trinajstić information content (AvgIpc) is 2.77. The van der Waals surface area contributed by atoms with Crippen molar-refractivity contribution in [3.63, 3.8) is 0 Å². The van der Waals surface area contributed by atoms with Crippen LogP contribution in [0.5, 0.6) is 5.75 Å². The van der Waals surface area contributed by atoms with Gasteiger partial charge in [0.1, 0.15) is 17.4 Å². The minimum Gasteiger partial charge on any atom is -0.494 e. The summed E-state index contributed by atoms with van der Waals surface area (Å²) < 4.78 is 6.64. The topological polar surface area (TPSA) is 62.1 Å². The van der Waals surface area contributed by atoms with Crippen LogP contribution in [0, 0.1) is 11.3 Å². The molecule has 32 heavy (non-hydrogen) atoms. The predicted octanol–water partition coefficient (Wildman–Crippen LogP) is 7.29. The summed E-state index contributed by atoms with van der Waals surface area (Å²) in [5.41, 5.74) is 2.92. The van der Waals surface area contributed by atoms with E-state index in [1.54, 1.807) is 30.3 Å². The molecule has 0 radical (unpaired) electrons. The molecule has 3 aromatic rings. The van der Waals surface area contributed by atoms with Crippen molar-refractivity contribution in [2.45, 2.75) is 13.3 Å². The number of ether oxygens (including phenoxy) is 1. The molecule has 0 aliphatic heterocycles. The van der Waals surface area contributed by atoms with Gasteiger partial charge in [-0.1, -0.05) is 69.5 Å². The molecule has 7 heteroatoms. The summed E-state index contributed by atoms with van der Waals surface area (Å²) in [6, 6.07) is 20.1. The Morgan fingerprint density at radius 3 is 2.47 bits per heavy atom. The van der Waals surface area contributed by atoms with Crippen LogP contribution in [0.2, 0.25) is 10.0 Å². The molecule has 0 atom stereocenters. The fourth-order valence-corrected chi connectivity index (χ4v) is 4.06. The third-order valence-electron chi connectivity index (χ3n) is 4.60. The highest BCUT2D eigenvalue weighted by atomic mass is 79.9. The van der Waals surface area contributed by atoms with Crippen LogP contribution in [-0.2, 0) is 11.2 Å². The van der Waals surface area contributed by atoms with Crippen molar-refractivity contribution in [2.75, 3.05) is 11.9 Å². The maximum Gasteiger partial charge on any atom is 0.266 e. The molecular formula is C25H19BrCl2N2O2. The number of halogens is 3. The normalized spacial score (nSPS) is 11.0. The Balaban J connectivity index is 1.93. The monoisotopic (exact) mass is 528 g/mol. The summed E-state index contributed by atoms with van der Waals surface area (Å²) >= 11 is 16.0. The second kappa shape index (κ2) is 11.2. The fraction of sp³-hybridized carbons (Fsp3) is 0.120. The molecule has 1 N–H and O–H groups in total. The van der Waals surface area contributed by atoms with Crippen LogP contribution < -0.4 is 10.1 Å². The molecule has 3 aromatic carbocycles. The number of nitrogens with zero attached hydrogens (tertiary/aromatic N) is 1. The van der Waals surface area contributed by atoms with Gasteiger partial charge in [-0.3, -0.25) is 4.79 Å². The second-order valence-electron chi connectivity index (χ2n) is 6.78. The first-order chi connectivity index (χ1) is 15.4. The molecule has 0 aliphatic carbocycles. The van der Waals surface area contributed by atoms with Gasteiger partial charge in [-0.25, -0.2) is 0 Å². The third kappa shape index (κ3) is 5.92. The maximum atomic E-state index is 12.6. The lowest BCUT2D eigenvalue weighted by atomic mass is 10.0. The van der Waals surface area contributed by atoms with E-state index in [1.807, 2.05) is 43.3 Å². The van der Waals surface area contributed by atoms with Crippen molar-refractivity contribution in [1.82, 2.24) is 0 Å². The lowest BCUT2D eigenvalue weighted by molar-refractivity contribution is -0.112. The van der Waals surface area contributed by atoms with Gasteiger partial charge in [0, 0.05) is 21.5 Å². The number of hydrogen-bond donors (Lipinski definition) is 1. The summed E-state index contributed by atoms with van der Waals surface area (Å²) in [6.07, 6.45) is 2.08. The van der Waals surface area contributed by atoms with Crippen LogP contribution >= 0.6 is 39.1 Å². The Hall–Kier alpha value is -2.78. The molecule has 0 bridgehead atoms. The Morgan fingerprint density at radius 2 is 1.81 bits per heavy atom. The van der Waals surface area contributed by atoms with Gasteiger partial charge in [0.15, 0.2) is 0 Å². The number of benzene rings is 3. The third-order valence-corrected chi connectivity index (χ3v) is 6.01. The lowest BCUT2D eigenvalue weighted by Gasteiger charge is -2.15. The number of nitrogens with one attached hydrogen (secondary N) is 1. The molecule has 0 aromatic heterocycles. The average molecular weight is 530 g/mol. The smallest absolute Gasteiger partial charge is 0.266 e. The van der Waals surface area contributed by atoms with Gasteiger partial charge < -0.3 is 10.1 Å².